The van der Waals surface area contributed by atoms with Crippen molar-refractivity contribution in [3.05, 3.63) is 64.7 Å². The van der Waals surface area contributed by atoms with Gasteiger partial charge in [-0.15, -0.1) is 0 Å². The lowest BCUT2D eigenvalue weighted by Crippen LogP contribution is -2.50. The van der Waals surface area contributed by atoms with Gasteiger partial charge in [0.15, 0.2) is 0 Å². The van der Waals surface area contributed by atoms with Crippen molar-refractivity contribution in [2.24, 2.45) is 10.4 Å². The lowest BCUT2D eigenvalue weighted by atomic mass is 9.70. The van der Waals surface area contributed by atoms with Crippen molar-refractivity contribution in [2.75, 3.05) is 18.4 Å². The zero-order chi connectivity index (χ0) is 18.9. The minimum absolute atomic E-state index is 0.0289. The monoisotopic (exact) mass is 381 g/mol. The number of hydrogen-bond donors (Lipinski definition) is 1. The maximum Gasteiger partial charge on any atom is 0.219 e. The first kappa shape index (κ1) is 18.1. The van der Waals surface area contributed by atoms with Crippen molar-refractivity contribution < 1.29 is 4.79 Å². The van der Waals surface area contributed by atoms with E-state index in [0.717, 1.165) is 54.5 Å². The molecule has 4 nitrogen and oxygen atoms in total. The fraction of sp³-hybridized carbons (Fsp3) is 0.364. The van der Waals surface area contributed by atoms with E-state index in [-0.39, 0.29) is 11.3 Å². The first-order valence-electron chi connectivity index (χ1n) is 9.46. The van der Waals surface area contributed by atoms with Crippen molar-refractivity contribution in [3.63, 3.8) is 0 Å². The molecule has 1 saturated heterocycles. The van der Waals surface area contributed by atoms with Crippen LogP contribution in [0.15, 0.2) is 53.5 Å². The average molecular weight is 382 g/mol. The number of amides is 1. The van der Waals surface area contributed by atoms with Gasteiger partial charge in [0.1, 0.15) is 5.84 Å². The largest absolute Gasteiger partial charge is 0.343 e. The number of hydrogen-bond acceptors (Lipinski definition) is 2. The van der Waals surface area contributed by atoms with Crippen molar-refractivity contribution in [1.29, 1.82) is 0 Å². The second-order valence-electron chi connectivity index (χ2n) is 7.54. The molecule has 140 valence electrons. The standard InChI is InChI=1S/C22H24ClN3O/c1-16(27)26-11-9-22(10-12-26)14-18-6-2-3-8-20(18)25-21(22)24-15-17-5-4-7-19(23)13-17/h2-8,13H,9-12,14-15H2,1H3,(H,24,25). The molecule has 5 heteroatoms. The molecule has 1 amide bonds. The van der Waals surface area contributed by atoms with Crippen LogP contribution in [0.25, 0.3) is 0 Å². The summed E-state index contributed by atoms with van der Waals surface area (Å²) in [4.78, 5) is 18.7. The Kier molecular flexibility index (Phi) is 4.92. The minimum atomic E-state index is -0.0289. The number of fused-ring (bicyclic) bond motifs is 1. The number of likely N-dealkylation sites (tertiary alicyclic amines) is 1. The van der Waals surface area contributed by atoms with Crippen molar-refractivity contribution in [1.82, 2.24) is 4.90 Å². The van der Waals surface area contributed by atoms with Crippen LogP contribution in [0.1, 0.15) is 30.9 Å². The number of rotatable bonds is 2. The van der Waals surface area contributed by atoms with Crippen LogP contribution < -0.4 is 5.32 Å². The van der Waals surface area contributed by atoms with Crippen LogP contribution in [0.5, 0.6) is 0 Å². The van der Waals surface area contributed by atoms with E-state index in [1.54, 1.807) is 6.92 Å². The van der Waals surface area contributed by atoms with Gasteiger partial charge in [0.2, 0.25) is 5.91 Å². The molecule has 2 aliphatic heterocycles. The van der Waals surface area contributed by atoms with Crippen molar-refractivity contribution in [3.8, 4) is 0 Å². The second-order valence-corrected chi connectivity index (χ2v) is 7.98. The highest BCUT2D eigenvalue weighted by atomic mass is 35.5. The molecule has 1 spiro atoms. The molecule has 2 heterocycles. The fourth-order valence-electron chi connectivity index (χ4n) is 4.18. The normalized spacial score (nSPS) is 19.6. The number of amidine groups is 1. The highest BCUT2D eigenvalue weighted by molar-refractivity contribution is 6.30. The summed E-state index contributed by atoms with van der Waals surface area (Å²) in [5.74, 6) is 1.20. The summed E-state index contributed by atoms with van der Waals surface area (Å²) in [6.07, 6.45) is 2.83. The Morgan fingerprint density at radius 3 is 2.70 bits per heavy atom. The third kappa shape index (κ3) is 3.72. The van der Waals surface area contributed by atoms with Gasteiger partial charge in [-0.25, -0.2) is 0 Å². The molecule has 1 fully saturated rings. The molecule has 1 N–H and O–H groups in total. The maximum atomic E-state index is 11.8. The Balaban J connectivity index is 1.64. The van der Waals surface area contributed by atoms with Crippen LogP contribution in [0.4, 0.5) is 5.69 Å². The fourth-order valence-corrected chi connectivity index (χ4v) is 4.39. The predicted molar refractivity (Wildman–Crippen MR) is 110 cm³/mol. The number of aliphatic imine (C=N–C) groups is 1. The van der Waals surface area contributed by atoms with Gasteiger partial charge in [0, 0.05) is 36.1 Å². The highest BCUT2D eigenvalue weighted by Gasteiger charge is 2.43. The molecular weight excluding hydrogens is 358 g/mol. The van der Waals surface area contributed by atoms with Crippen LogP contribution in [0.2, 0.25) is 5.02 Å². The third-order valence-corrected chi connectivity index (χ3v) is 6.01. The van der Waals surface area contributed by atoms with E-state index in [0.29, 0.717) is 6.54 Å². The summed E-state index contributed by atoms with van der Waals surface area (Å²) in [7, 11) is 0. The molecule has 0 saturated carbocycles. The molecule has 0 unspecified atom stereocenters. The van der Waals surface area contributed by atoms with Crippen LogP contribution in [0.3, 0.4) is 0 Å². The van der Waals surface area contributed by atoms with Gasteiger partial charge in [-0.2, -0.15) is 0 Å². The molecule has 2 aliphatic rings. The lowest BCUT2D eigenvalue weighted by molar-refractivity contribution is -0.130. The maximum absolute atomic E-state index is 11.8. The van der Waals surface area contributed by atoms with Crippen LogP contribution >= 0.6 is 11.6 Å². The molecule has 0 aliphatic carbocycles. The number of halogens is 1. The van der Waals surface area contributed by atoms with E-state index in [1.165, 1.54) is 5.56 Å². The third-order valence-electron chi connectivity index (χ3n) is 5.78. The average Bonchev–Trinajstić information content (AvgIpc) is 2.67. The Hall–Kier alpha value is -2.33. The van der Waals surface area contributed by atoms with Crippen LogP contribution in [-0.4, -0.2) is 29.7 Å². The summed E-state index contributed by atoms with van der Waals surface area (Å²) < 4.78 is 0. The molecule has 0 bridgehead atoms. The number of anilines is 1. The zero-order valence-electron chi connectivity index (χ0n) is 15.5. The summed E-state index contributed by atoms with van der Waals surface area (Å²) >= 11 is 6.12. The Bertz CT molecular complexity index is 885. The Morgan fingerprint density at radius 2 is 1.96 bits per heavy atom. The molecule has 27 heavy (non-hydrogen) atoms. The van der Waals surface area contributed by atoms with E-state index in [1.807, 2.05) is 23.1 Å². The molecule has 0 aromatic heterocycles. The predicted octanol–water partition coefficient (Wildman–Crippen LogP) is 4.54. The van der Waals surface area contributed by atoms with Crippen LogP contribution in [-0.2, 0) is 17.8 Å². The molecule has 2 aromatic rings. The number of nitrogens with zero attached hydrogens (tertiary/aromatic N) is 2. The Morgan fingerprint density at radius 1 is 1.19 bits per heavy atom. The second kappa shape index (κ2) is 7.35. The van der Waals surface area contributed by atoms with Gasteiger partial charge in [-0.1, -0.05) is 41.9 Å². The van der Waals surface area contributed by atoms with E-state index in [9.17, 15) is 4.79 Å². The summed E-state index contributed by atoms with van der Waals surface area (Å²) in [6, 6.07) is 16.3. The number of piperidine rings is 1. The van der Waals surface area contributed by atoms with E-state index in [2.05, 4.69) is 35.6 Å². The highest BCUT2D eigenvalue weighted by Crippen LogP contribution is 2.42. The zero-order valence-corrected chi connectivity index (χ0v) is 16.3. The quantitative estimate of drug-likeness (QED) is 0.830. The number of nitrogens with one attached hydrogen (secondary N) is 1. The molecule has 2 aromatic carbocycles. The lowest BCUT2D eigenvalue weighted by Gasteiger charge is -2.45. The van der Waals surface area contributed by atoms with Crippen LogP contribution in [0, 0.1) is 5.41 Å². The van der Waals surface area contributed by atoms with Crippen molar-refractivity contribution in [2.45, 2.75) is 32.7 Å². The first-order chi connectivity index (χ1) is 13.1. The number of benzene rings is 2. The SMILES string of the molecule is CC(=O)N1CCC2(CC1)Cc1ccccc1NC2=NCc1cccc(Cl)c1. The molecule has 4 rings (SSSR count). The molecule has 0 atom stereocenters. The topological polar surface area (TPSA) is 44.7 Å². The van der Waals surface area contributed by atoms with Gasteiger partial charge in [0.25, 0.3) is 0 Å². The number of para-hydroxylation sites is 1. The summed E-state index contributed by atoms with van der Waals surface area (Å²) in [5, 5.41) is 4.34. The van der Waals surface area contributed by atoms with Gasteiger partial charge >= 0.3 is 0 Å². The van der Waals surface area contributed by atoms with Crippen molar-refractivity contribution >= 4 is 29.0 Å². The smallest absolute Gasteiger partial charge is 0.219 e. The molecule has 0 radical (unpaired) electrons. The minimum Gasteiger partial charge on any atom is -0.343 e. The van der Waals surface area contributed by atoms with Gasteiger partial charge < -0.3 is 10.2 Å². The first-order valence-corrected chi connectivity index (χ1v) is 9.83. The summed E-state index contributed by atoms with van der Waals surface area (Å²) in [5.41, 5.74) is 3.54. The van der Waals surface area contributed by atoms with Gasteiger partial charge in [0.05, 0.1) is 6.54 Å². The van der Waals surface area contributed by atoms with Gasteiger partial charge in [-0.05, 0) is 48.6 Å². The number of carbonyl (C=O) groups excluding carboxylic acids is 1. The van der Waals surface area contributed by atoms with E-state index in [4.69, 9.17) is 16.6 Å². The Labute approximate surface area is 165 Å². The van der Waals surface area contributed by atoms with E-state index >= 15 is 0 Å². The summed E-state index contributed by atoms with van der Waals surface area (Å²) in [6.45, 7) is 3.83. The van der Waals surface area contributed by atoms with E-state index < -0.39 is 0 Å². The molecular formula is C22H24ClN3O. The number of carbonyl (C=O) groups is 1. The van der Waals surface area contributed by atoms with Gasteiger partial charge in [-0.3, -0.25) is 9.79 Å².